The lowest BCUT2D eigenvalue weighted by molar-refractivity contribution is -0.165. The van der Waals surface area contributed by atoms with E-state index in [1.165, 1.54) is 15.6 Å². The van der Waals surface area contributed by atoms with E-state index in [-0.39, 0.29) is 24.9 Å². The van der Waals surface area contributed by atoms with Gasteiger partial charge in [0.25, 0.3) is 0 Å². The number of amides is 2. The van der Waals surface area contributed by atoms with Crippen LogP contribution in [0.25, 0.3) is 0 Å². The molecule has 0 saturated heterocycles. The highest BCUT2D eigenvalue weighted by molar-refractivity contribution is 5.90. The lowest BCUT2D eigenvalue weighted by Gasteiger charge is -2.24. The van der Waals surface area contributed by atoms with E-state index >= 15 is 0 Å². The topological polar surface area (TPSA) is 176 Å². The van der Waals surface area contributed by atoms with Crippen molar-refractivity contribution >= 4 is 35.5 Å². The lowest BCUT2D eigenvalue weighted by Crippen LogP contribution is -2.38. The smallest absolute Gasteiger partial charge is 0.412 e. The van der Waals surface area contributed by atoms with Crippen LogP contribution < -0.4 is 10.6 Å². The van der Waals surface area contributed by atoms with Crippen molar-refractivity contribution in [3.8, 4) is 0 Å². The van der Waals surface area contributed by atoms with Gasteiger partial charge in [0.2, 0.25) is 12.2 Å². The Labute approximate surface area is 304 Å². The minimum Gasteiger partial charge on any atom is -0.478 e. The lowest BCUT2D eigenvalue weighted by atomic mass is 9.98. The molecule has 3 N–H and O–H groups in total. The summed E-state index contributed by atoms with van der Waals surface area (Å²) in [4.78, 5) is 48.6. The Hall–Kier alpha value is -5.66. The molecular formula is C38H50N6O8. The predicted octanol–water partition coefficient (Wildman–Crippen LogP) is 7.29. The summed E-state index contributed by atoms with van der Waals surface area (Å²) < 4.78 is 18.8. The van der Waals surface area contributed by atoms with Crippen LogP contribution in [0.3, 0.4) is 0 Å². The molecule has 14 nitrogen and oxygen atoms in total. The van der Waals surface area contributed by atoms with Gasteiger partial charge in [0.1, 0.15) is 5.60 Å². The molecule has 2 amide bonds. The predicted molar refractivity (Wildman–Crippen MR) is 196 cm³/mol. The van der Waals surface area contributed by atoms with E-state index in [0.717, 1.165) is 22.3 Å². The molecule has 4 aromatic rings. The molecule has 2 unspecified atom stereocenters. The summed E-state index contributed by atoms with van der Waals surface area (Å²) in [7, 11) is 0. The molecule has 0 radical (unpaired) electrons. The number of carbonyl (C=O) groups excluding carboxylic acids is 3. The first-order chi connectivity index (χ1) is 24.4. The van der Waals surface area contributed by atoms with Crippen molar-refractivity contribution in [1.82, 2.24) is 19.6 Å². The number of benzene rings is 2. The summed E-state index contributed by atoms with van der Waals surface area (Å²) in [6.07, 6.45) is 2.47. The van der Waals surface area contributed by atoms with Gasteiger partial charge in [-0.1, -0.05) is 64.1 Å². The van der Waals surface area contributed by atoms with Gasteiger partial charge < -0.3 is 19.3 Å². The number of hydrogen-bond acceptors (Lipinski definition) is 9. The molecule has 0 fully saturated rings. The quantitative estimate of drug-likeness (QED) is 0.0996. The van der Waals surface area contributed by atoms with Crippen LogP contribution in [-0.2, 0) is 36.9 Å². The van der Waals surface area contributed by atoms with Gasteiger partial charge >= 0.3 is 24.1 Å². The van der Waals surface area contributed by atoms with Crippen LogP contribution in [0, 0.1) is 13.8 Å². The van der Waals surface area contributed by atoms with Crippen molar-refractivity contribution in [1.29, 1.82) is 0 Å². The second-order valence-electron chi connectivity index (χ2n) is 13.8. The number of aliphatic carboxylic acids is 1. The Morgan fingerprint density at radius 1 is 0.712 bits per heavy atom. The first kappa shape index (κ1) is 40.8. The molecule has 2 aromatic heterocycles. The number of nitrogens with zero attached hydrogens (tertiary/aromatic N) is 4. The molecule has 0 spiro atoms. The Bertz CT molecular complexity index is 1780. The summed E-state index contributed by atoms with van der Waals surface area (Å²) in [5, 5.41) is 22.7. The molecular weight excluding hydrogens is 668 g/mol. The van der Waals surface area contributed by atoms with E-state index in [2.05, 4.69) is 20.8 Å². The number of carboxylic acid groups (broad SMARTS) is 1. The minimum atomic E-state index is -1.32. The molecule has 0 aliphatic rings. The van der Waals surface area contributed by atoms with Crippen LogP contribution in [0.4, 0.5) is 21.0 Å². The summed E-state index contributed by atoms with van der Waals surface area (Å²) in [5.41, 5.74) is 4.43. The number of hydrogen-bond donors (Lipinski definition) is 3. The van der Waals surface area contributed by atoms with E-state index < -0.39 is 41.9 Å². The van der Waals surface area contributed by atoms with Gasteiger partial charge in [0, 0.05) is 24.8 Å². The van der Waals surface area contributed by atoms with Crippen LogP contribution in [0.1, 0.15) is 82.6 Å². The zero-order valence-corrected chi connectivity index (χ0v) is 31.2. The maximum atomic E-state index is 12.6. The summed E-state index contributed by atoms with van der Waals surface area (Å²) in [5.74, 6) is -1.41. The minimum absolute atomic E-state index is 0.0550. The zero-order chi connectivity index (χ0) is 38.6. The molecule has 2 aromatic carbocycles. The van der Waals surface area contributed by atoms with Gasteiger partial charge in [-0.2, -0.15) is 10.2 Å². The first-order valence-electron chi connectivity index (χ1n) is 17.0. The number of para-hydroxylation sites is 2. The van der Waals surface area contributed by atoms with Crippen molar-refractivity contribution in [3.05, 3.63) is 95.6 Å². The van der Waals surface area contributed by atoms with E-state index in [0.29, 0.717) is 11.4 Å². The summed E-state index contributed by atoms with van der Waals surface area (Å²) in [6.45, 7) is 17.2. The third-order valence-electron chi connectivity index (χ3n) is 7.58. The number of carboxylic acids is 1. The number of aromatic nitrogens is 4. The van der Waals surface area contributed by atoms with Gasteiger partial charge in [-0.15, -0.1) is 0 Å². The first-order valence-corrected chi connectivity index (χ1v) is 17.0. The third kappa shape index (κ3) is 12.6. The van der Waals surface area contributed by atoms with Gasteiger partial charge in [-0.25, -0.2) is 19.2 Å². The molecule has 0 aliphatic carbocycles. The zero-order valence-electron chi connectivity index (χ0n) is 31.2. The van der Waals surface area contributed by atoms with Crippen LogP contribution in [-0.4, -0.2) is 66.6 Å². The van der Waals surface area contributed by atoms with Gasteiger partial charge in [-0.3, -0.25) is 20.0 Å². The van der Waals surface area contributed by atoms with Crippen molar-refractivity contribution in [3.63, 3.8) is 0 Å². The molecule has 0 bridgehead atoms. The van der Waals surface area contributed by atoms with E-state index in [4.69, 9.17) is 14.2 Å². The molecule has 2 atom stereocenters. The fraction of sp³-hybridized carbons (Fsp3) is 0.421. The van der Waals surface area contributed by atoms with Crippen LogP contribution in [0.15, 0.2) is 73.3 Å². The van der Waals surface area contributed by atoms with E-state index in [9.17, 15) is 24.3 Å². The molecule has 52 heavy (non-hydrogen) atoms. The normalized spacial score (nSPS) is 12.3. The van der Waals surface area contributed by atoms with Crippen molar-refractivity contribution in [2.24, 2.45) is 0 Å². The molecule has 0 saturated carbocycles. The van der Waals surface area contributed by atoms with Gasteiger partial charge in [0.05, 0.1) is 24.5 Å². The van der Waals surface area contributed by atoms with Crippen LogP contribution >= 0.6 is 0 Å². The second kappa shape index (κ2) is 18.5. The van der Waals surface area contributed by atoms with Crippen molar-refractivity contribution < 1.29 is 38.5 Å². The highest BCUT2D eigenvalue weighted by atomic mass is 16.6. The Balaban J connectivity index is 0.000000284. The highest BCUT2D eigenvalue weighted by Gasteiger charge is 2.30. The fourth-order valence-electron chi connectivity index (χ4n) is 5.06. The van der Waals surface area contributed by atoms with E-state index in [1.54, 1.807) is 51.5 Å². The number of ether oxygens (including phenoxy) is 3. The largest absolute Gasteiger partial charge is 0.478 e. The number of anilines is 2. The van der Waals surface area contributed by atoms with Crippen LogP contribution in [0.5, 0.6) is 0 Å². The summed E-state index contributed by atoms with van der Waals surface area (Å²) >= 11 is 0. The number of rotatable bonds is 12. The molecule has 280 valence electrons. The third-order valence-corrected chi connectivity index (χ3v) is 7.58. The molecule has 2 heterocycles. The fourth-order valence-corrected chi connectivity index (χ4v) is 5.06. The number of esters is 1. The monoisotopic (exact) mass is 718 g/mol. The molecule has 0 aliphatic heterocycles. The summed E-state index contributed by atoms with van der Waals surface area (Å²) in [6, 6.07) is 14.9. The Kier molecular flexibility index (Phi) is 14.5. The number of carbonyl (C=O) groups is 4. The van der Waals surface area contributed by atoms with Crippen LogP contribution in [0.2, 0.25) is 0 Å². The number of aryl methyl sites for hydroxylation is 2. The Morgan fingerprint density at radius 2 is 1.13 bits per heavy atom. The Morgan fingerprint density at radius 3 is 1.50 bits per heavy atom. The average Bonchev–Trinajstić information content (AvgIpc) is 3.76. The van der Waals surface area contributed by atoms with Crippen molar-refractivity contribution in [2.45, 2.75) is 105 Å². The molecule has 4 rings (SSSR count). The SMILES string of the molecule is Cc1cccc(C(C)C)c1NC(=O)OC(Cn1cccn1)C(=O)O.Cc1cccc(C(C)C)c1NC(=O)OC(Cn1cccn1)C(=O)OC(C)(C)C. The number of nitrogens with one attached hydrogen (secondary N) is 2. The van der Waals surface area contributed by atoms with Gasteiger partial charge in [-0.05, 0) is 80.8 Å². The van der Waals surface area contributed by atoms with Gasteiger partial charge in [0.15, 0.2) is 0 Å². The second-order valence-corrected chi connectivity index (χ2v) is 13.8. The van der Waals surface area contributed by atoms with Crippen molar-refractivity contribution in [2.75, 3.05) is 10.6 Å². The maximum Gasteiger partial charge on any atom is 0.412 e. The maximum absolute atomic E-state index is 12.6. The molecule has 14 heteroatoms. The standard InChI is InChI=1S/C21H29N3O4.C17H21N3O4/c1-14(2)16-10-7-9-15(3)18(16)23-20(26)27-17(13-24-12-8-11-22-24)19(25)28-21(4,5)6;1-11(2)13-7-4-6-12(3)15(13)19-17(23)24-14(16(21)22)10-20-9-5-8-18-20/h7-12,14,17H,13H2,1-6H3,(H,23,26);4-9,11,14H,10H2,1-3H3,(H,19,23)(H,21,22). The van der Waals surface area contributed by atoms with E-state index in [1.807, 2.05) is 77.9 Å². The average molecular weight is 719 g/mol. The highest BCUT2D eigenvalue weighted by Crippen LogP contribution is 2.29.